The molecule has 0 heterocycles. The highest BCUT2D eigenvalue weighted by atomic mass is 32.2. The smallest absolute Gasteiger partial charge is 0.179 e. The highest BCUT2D eigenvalue weighted by Crippen LogP contribution is 2.51. The molecule has 1 aromatic rings. The molecule has 1 fully saturated rings. The fourth-order valence-corrected chi connectivity index (χ4v) is 3.78. The minimum Gasteiger partial charge on any atom is -0.315 e. The third kappa shape index (κ3) is 3.84. The molecule has 4 nitrogen and oxygen atoms in total. The Balaban J connectivity index is 1.89. The first-order chi connectivity index (χ1) is 9.89. The standard InChI is InChI=1S/C16H22N2O2S/c1-13(2)16(6-7-16)12-18-8-9-21(19,20)15-5-3-4-14(10-15)11-17/h3-5,10,13,18H,6-9,12H2,1-2H3. The fourth-order valence-electron chi connectivity index (χ4n) is 2.54. The molecule has 0 bridgehead atoms. The van der Waals surface area contributed by atoms with Gasteiger partial charge in [-0.2, -0.15) is 5.26 Å². The van der Waals surface area contributed by atoms with Crippen LogP contribution in [0.25, 0.3) is 0 Å². The van der Waals surface area contributed by atoms with Crippen molar-refractivity contribution in [2.75, 3.05) is 18.8 Å². The topological polar surface area (TPSA) is 70.0 Å². The number of hydrogen-bond donors (Lipinski definition) is 1. The van der Waals surface area contributed by atoms with Crippen LogP contribution in [-0.4, -0.2) is 27.3 Å². The molecule has 2 rings (SSSR count). The molecule has 1 aliphatic carbocycles. The van der Waals surface area contributed by atoms with Crippen LogP contribution in [0.1, 0.15) is 32.3 Å². The predicted molar refractivity (Wildman–Crippen MR) is 82.6 cm³/mol. The van der Waals surface area contributed by atoms with Crippen molar-refractivity contribution >= 4 is 9.84 Å². The Bertz CT molecular complexity index is 640. The molecule has 1 saturated carbocycles. The Kier molecular flexibility index (Phi) is 4.70. The van der Waals surface area contributed by atoms with Gasteiger partial charge in [-0.05, 0) is 42.4 Å². The minimum absolute atomic E-state index is 0.0655. The third-order valence-corrected chi connectivity index (χ3v) is 6.18. The van der Waals surface area contributed by atoms with Crippen molar-refractivity contribution in [3.63, 3.8) is 0 Å². The molecule has 1 aliphatic rings. The van der Waals surface area contributed by atoms with Gasteiger partial charge in [-0.25, -0.2) is 8.42 Å². The van der Waals surface area contributed by atoms with Crippen LogP contribution < -0.4 is 5.32 Å². The van der Waals surface area contributed by atoms with E-state index in [-0.39, 0.29) is 10.6 Å². The molecular formula is C16H22N2O2S. The van der Waals surface area contributed by atoms with Gasteiger partial charge < -0.3 is 5.32 Å². The second-order valence-electron chi connectivity index (χ2n) is 6.15. The van der Waals surface area contributed by atoms with E-state index in [0.717, 1.165) is 6.54 Å². The fraction of sp³-hybridized carbons (Fsp3) is 0.562. The number of hydrogen-bond acceptors (Lipinski definition) is 4. The molecule has 0 amide bonds. The number of sulfone groups is 1. The van der Waals surface area contributed by atoms with Crippen LogP contribution >= 0.6 is 0 Å². The van der Waals surface area contributed by atoms with Gasteiger partial charge in [0.2, 0.25) is 0 Å². The summed E-state index contributed by atoms with van der Waals surface area (Å²) in [6, 6.07) is 8.17. The number of nitrogens with zero attached hydrogens (tertiary/aromatic N) is 1. The summed E-state index contributed by atoms with van der Waals surface area (Å²) in [5.41, 5.74) is 0.755. The second-order valence-corrected chi connectivity index (χ2v) is 8.26. The Labute approximate surface area is 127 Å². The lowest BCUT2D eigenvalue weighted by atomic mass is 9.92. The van der Waals surface area contributed by atoms with Gasteiger partial charge in [0, 0.05) is 13.1 Å². The molecule has 114 valence electrons. The van der Waals surface area contributed by atoms with Crippen molar-refractivity contribution in [1.29, 1.82) is 5.26 Å². The SMILES string of the molecule is CC(C)C1(CNCCS(=O)(=O)c2cccc(C#N)c2)CC1. The first-order valence-corrected chi connectivity index (χ1v) is 8.98. The largest absolute Gasteiger partial charge is 0.315 e. The number of rotatable bonds is 7. The average molecular weight is 306 g/mol. The monoisotopic (exact) mass is 306 g/mol. The summed E-state index contributed by atoms with van der Waals surface area (Å²) >= 11 is 0. The first-order valence-electron chi connectivity index (χ1n) is 7.33. The highest BCUT2D eigenvalue weighted by Gasteiger charge is 2.44. The van der Waals surface area contributed by atoms with Gasteiger partial charge in [0.15, 0.2) is 9.84 Å². The zero-order chi connectivity index (χ0) is 15.5. The average Bonchev–Trinajstić information content (AvgIpc) is 3.25. The van der Waals surface area contributed by atoms with Crippen LogP contribution in [0, 0.1) is 22.7 Å². The van der Waals surface area contributed by atoms with Crippen molar-refractivity contribution in [3.05, 3.63) is 29.8 Å². The molecule has 0 atom stereocenters. The van der Waals surface area contributed by atoms with Gasteiger partial charge in [0.05, 0.1) is 22.3 Å². The van der Waals surface area contributed by atoms with E-state index in [2.05, 4.69) is 19.2 Å². The quantitative estimate of drug-likeness (QED) is 0.785. The molecule has 1 N–H and O–H groups in total. The maximum Gasteiger partial charge on any atom is 0.179 e. The highest BCUT2D eigenvalue weighted by molar-refractivity contribution is 7.91. The van der Waals surface area contributed by atoms with Crippen LogP contribution in [0.5, 0.6) is 0 Å². The molecule has 0 aromatic heterocycles. The Hall–Kier alpha value is -1.38. The molecule has 0 spiro atoms. The van der Waals surface area contributed by atoms with Crippen molar-refractivity contribution < 1.29 is 8.42 Å². The number of nitriles is 1. The molecule has 0 aliphatic heterocycles. The number of nitrogens with one attached hydrogen (secondary N) is 1. The summed E-state index contributed by atoms with van der Waals surface area (Å²) in [6.45, 7) is 5.78. The van der Waals surface area contributed by atoms with Crippen LogP contribution in [-0.2, 0) is 9.84 Å². The lowest BCUT2D eigenvalue weighted by molar-refractivity contribution is 0.341. The van der Waals surface area contributed by atoms with E-state index in [1.54, 1.807) is 18.2 Å². The van der Waals surface area contributed by atoms with Gasteiger partial charge in [-0.1, -0.05) is 19.9 Å². The van der Waals surface area contributed by atoms with Gasteiger partial charge in [0.1, 0.15) is 0 Å². The maximum absolute atomic E-state index is 12.2. The van der Waals surface area contributed by atoms with Crippen molar-refractivity contribution in [2.45, 2.75) is 31.6 Å². The van der Waals surface area contributed by atoms with Gasteiger partial charge in [-0.3, -0.25) is 0 Å². The van der Waals surface area contributed by atoms with E-state index < -0.39 is 9.84 Å². The third-order valence-electron chi connectivity index (χ3n) is 4.46. The van der Waals surface area contributed by atoms with Crippen LogP contribution in [0.15, 0.2) is 29.2 Å². The normalized spacial score (nSPS) is 16.7. The zero-order valence-electron chi connectivity index (χ0n) is 12.6. The van der Waals surface area contributed by atoms with Crippen LogP contribution in [0.2, 0.25) is 0 Å². The molecule has 0 radical (unpaired) electrons. The molecule has 21 heavy (non-hydrogen) atoms. The first kappa shape index (κ1) is 16.0. The molecular weight excluding hydrogens is 284 g/mol. The van der Waals surface area contributed by atoms with E-state index in [4.69, 9.17) is 5.26 Å². The van der Waals surface area contributed by atoms with E-state index in [0.29, 0.717) is 23.4 Å². The molecule has 1 aromatic carbocycles. The minimum atomic E-state index is -3.32. The number of benzene rings is 1. The zero-order valence-corrected chi connectivity index (χ0v) is 13.4. The van der Waals surface area contributed by atoms with Gasteiger partial charge >= 0.3 is 0 Å². The molecule has 0 unspecified atom stereocenters. The summed E-state index contributed by atoms with van der Waals surface area (Å²) in [4.78, 5) is 0.230. The Morgan fingerprint density at radius 1 is 1.38 bits per heavy atom. The van der Waals surface area contributed by atoms with E-state index in [9.17, 15) is 8.42 Å². The lowest BCUT2D eigenvalue weighted by Gasteiger charge is -2.20. The second kappa shape index (κ2) is 6.17. The predicted octanol–water partition coefficient (Wildman–Crippen LogP) is 2.36. The summed E-state index contributed by atoms with van der Waals surface area (Å²) < 4.78 is 24.4. The summed E-state index contributed by atoms with van der Waals surface area (Å²) in [5.74, 6) is 0.699. The molecule has 5 heteroatoms. The lowest BCUT2D eigenvalue weighted by Crippen LogP contribution is -2.31. The summed E-state index contributed by atoms with van der Waals surface area (Å²) in [5, 5.41) is 12.1. The maximum atomic E-state index is 12.2. The van der Waals surface area contributed by atoms with Crippen LogP contribution in [0.4, 0.5) is 0 Å². The van der Waals surface area contributed by atoms with Crippen molar-refractivity contribution in [2.24, 2.45) is 11.3 Å². The molecule has 0 saturated heterocycles. The Morgan fingerprint density at radius 3 is 2.67 bits per heavy atom. The van der Waals surface area contributed by atoms with E-state index in [1.807, 2.05) is 6.07 Å². The van der Waals surface area contributed by atoms with Crippen LogP contribution in [0.3, 0.4) is 0 Å². The van der Waals surface area contributed by atoms with Gasteiger partial charge in [0.25, 0.3) is 0 Å². The summed E-state index contributed by atoms with van der Waals surface area (Å²) in [7, 11) is -3.32. The van der Waals surface area contributed by atoms with E-state index in [1.165, 1.54) is 18.9 Å². The van der Waals surface area contributed by atoms with Crippen molar-refractivity contribution in [1.82, 2.24) is 5.32 Å². The Morgan fingerprint density at radius 2 is 2.10 bits per heavy atom. The van der Waals surface area contributed by atoms with Gasteiger partial charge in [-0.15, -0.1) is 0 Å². The van der Waals surface area contributed by atoms with E-state index >= 15 is 0 Å². The van der Waals surface area contributed by atoms with Crippen molar-refractivity contribution in [3.8, 4) is 6.07 Å². The summed E-state index contributed by atoms with van der Waals surface area (Å²) in [6.07, 6.45) is 2.46.